The summed E-state index contributed by atoms with van der Waals surface area (Å²) in [4.78, 5) is 14.2. The number of carbonyl (C=O) groups is 1. The molecule has 2 rings (SSSR count). The summed E-state index contributed by atoms with van der Waals surface area (Å²) in [6.07, 6.45) is 0. The Kier molecular flexibility index (Phi) is 7.12. The number of rotatable bonds is 7. The van der Waals surface area contributed by atoms with Gasteiger partial charge in [0.1, 0.15) is 5.75 Å². The van der Waals surface area contributed by atoms with Crippen molar-refractivity contribution in [3.05, 3.63) is 65.2 Å². The summed E-state index contributed by atoms with van der Waals surface area (Å²) in [5, 5.41) is 5.56. The van der Waals surface area contributed by atoms with E-state index in [0.29, 0.717) is 12.1 Å². The summed E-state index contributed by atoms with van der Waals surface area (Å²) in [5.74, 6) is -1.11. The maximum absolute atomic E-state index is 13.4. The average molecular weight is 377 g/mol. The quantitative estimate of drug-likeness (QED) is 0.775. The van der Waals surface area contributed by atoms with Gasteiger partial charge in [-0.25, -0.2) is 13.6 Å². The molecule has 0 saturated heterocycles. The number of ether oxygens (including phenoxy) is 1. The molecule has 2 aromatic rings. The molecule has 2 aromatic carbocycles. The second-order valence-electron chi connectivity index (χ2n) is 6.51. The Labute approximate surface area is 158 Å². The first-order valence-electron chi connectivity index (χ1n) is 8.61. The summed E-state index contributed by atoms with van der Waals surface area (Å²) in [6, 6.07) is 10.3. The van der Waals surface area contributed by atoms with Crippen molar-refractivity contribution in [1.29, 1.82) is 0 Å². The van der Waals surface area contributed by atoms with Crippen molar-refractivity contribution in [3.8, 4) is 5.75 Å². The molecule has 5 nitrogen and oxygen atoms in total. The first-order chi connectivity index (χ1) is 12.8. The zero-order chi connectivity index (χ0) is 20.0. The minimum atomic E-state index is -0.938. The number of likely N-dealkylation sites (N-methyl/N-ethyl adjacent to an activating group) is 1. The molecule has 2 amide bonds. The minimum absolute atomic E-state index is 0.0515. The predicted octanol–water partition coefficient (Wildman–Crippen LogP) is 3.64. The molecule has 27 heavy (non-hydrogen) atoms. The third kappa shape index (κ3) is 5.65. The van der Waals surface area contributed by atoms with Gasteiger partial charge < -0.3 is 20.3 Å². The van der Waals surface area contributed by atoms with Crippen LogP contribution in [0.3, 0.4) is 0 Å². The van der Waals surface area contributed by atoms with Gasteiger partial charge in [0.05, 0.1) is 19.2 Å². The van der Waals surface area contributed by atoms with Crippen molar-refractivity contribution in [2.24, 2.45) is 0 Å². The van der Waals surface area contributed by atoms with E-state index in [1.165, 1.54) is 6.07 Å². The normalized spacial score (nSPS) is 13.1. The molecule has 7 heteroatoms. The van der Waals surface area contributed by atoms with Crippen molar-refractivity contribution < 1.29 is 18.3 Å². The molecule has 146 valence electrons. The molecule has 2 atom stereocenters. The molecule has 0 aliphatic rings. The Morgan fingerprint density at radius 2 is 1.85 bits per heavy atom. The van der Waals surface area contributed by atoms with E-state index in [9.17, 15) is 13.6 Å². The van der Waals surface area contributed by atoms with Gasteiger partial charge in [0.2, 0.25) is 0 Å². The number of hydrogen-bond donors (Lipinski definition) is 2. The number of hydrogen-bond acceptors (Lipinski definition) is 3. The van der Waals surface area contributed by atoms with E-state index in [2.05, 4.69) is 10.6 Å². The Morgan fingerprint density at radius 3 is 2.48 bits per heavy atom. The highest BCUT2D eigenvalue weighted by molar-refractivity contribution is 5.74. The lowest BCUT2D eigenvalue weighted by atomic mass is 10.1. The summed E-state index contributed by atoms with van der Waals surface area (Å²) < 4.78 is 31.6. The lowest BCUT2D eigenvalue weighted by Gasteiger charge is -2.26. The van der Waals surface area contributed by atoms with Gasteiger partial charge in [-0.3, -0.25) is 0 Å². The molecule has 0 bridgehead atoms. The smallest absolute Gasteiger partial charge is 0.315 e. The van der Waals surface area contributed by atoms with E-state index in [1.807, 2.05) is 43.3 Å². The highest BCUT2D eigenvalue weighted by atomic mass is 19.2. The minimum Gasteiger partial charge on any atom is -0.497 e. The zero-order valence-electron chi connectivity index (χ0n) is 15.9. The third-order valence-electron chi connectivity index (χ3n) is 4.35. The lowest BCUT2D eigenvalue weighted by molar-refractivity contribution is 0.230. The van der Waals surface area contributed by atoms with Crippen LogP contribution in [-0.4, -0.2) is 38.7 Å². The Morgan fingerprint density at radius 1 is 1.11 bits per heavy atom. The SMILES string of the molecule is COc1cccc(C(CNC(=O)NC(C)c2ccc(F)c(F)c2)N(C)C)c1. The largest absolute Gasteiger partial charge is 0.497 e. The summed E-state index contributed by atoms with van der Waals surface area (Å²) >= 11 is 0. The van der Waals surface area contributed by atoms with E-state index >= 15 is 0 Å². The van der Waals surface area contributed by atoms with Crippen molar-refractivity contribution in [2.75, 3.05) is 27.7 Å². The fourth-order valence-corrected chi connectivity index (χ4v) is 2.75. The number of halogens is 2. The maximum atomic E-state index is 13.4. The van der Waals surface area contributed by atoms with Gasteiger partial charge in [0, 0.05) is 6.54 Å². The van der Waals surface area contributed by atoms with Gasteiger partial charge in [-0.15, -0.1) is 0 Å². The highest BCUT2D eigenvalue weighted by Gasteiger charge is 2.17. The summed E-state index contributed by atoms with van der Waals surface area (Å²) in [5.41, 5.74) is 1.49. The van der Waals surface area contributed by atoms with Crippen LogP contribution in [0.15, 0.2) is 42.5 Å². The van der Waals surface area contributed by atoms with Crippen molar-refractivity contribution >= 4 is 6.03 Å². The monoisotopic (exact) mass is 377 g/mol. The average Bonchev–Trinajstić information content (AvgIpc) is 2.64. The Bertz CT molecular complexity index is 784. The topological polar surface area (TPSA) is 53.6 Å². The van der Waals surface area contributed by atoms with Crippen LogP contribution in [0.25, 0.3) is 0 Å². The van der Waals surface area contributed by atoms with Gasteiger partial charge in [0.15, 0.2) is 11.6 Å². The Balaban J connectivity index is 1.98. The van der Waals surface area contributed by atoms with Crippen LogP contribution in [0, 0.1) is 11.6 Å². The molecule has 2 unspecified atom stereocenters. The van der Waals surface area contributed by atoms with Crippen LogP contribution in [0.5, 0.6) is 5.75 Å². The number of nitrogens with zero attached hydrogens (tertiary/aromatic N) is 1. The van der Waals surface area contributed by atoms with Gasteiger partial charge in [-0.2, -0.15) is 0 Å². The number of amides is 2. The highest BCUT2D eigenvalue weighted by Crippen LogP contribution is 2.22. The first-order valence-corrected chi connectivity index (χ1v) is 8.61. The number of urea groups is 1. The van der Waals surface area contributed by atoms with E-state index in [1.54, 1.807) is 14.0 Å². The van der Waals surface area contributed by atoms with E-state index in [0.717, 1.165) is 23.4 Å². The van der Waals surface area contributed by atoms with Crippen molar-refractivity contribution in [3.63, 3.8) is 0 Å². The van der Waals surface area contributed by atoms with E-state index in [4.69, 9.17) is 4.74 Å². The molecule has 0 aromatic heterocycles. The molecule has 0 aliphatic carbocycles. The molecule has 0 saturated carbocycles. The van der Waals surface area contributed by atoms with Gasteiger partial charge in [-0.1, -0.05) is 18.2 Å². The fourth-order valence-electron chi connectivity index (χ4n) is 2.75. The number of benzene rings is 2. The molecule has 0 radical (unpaired) electrons. The number of methoxy groups -OCH3 is 1. The molecule has 0 fully saturated rings. The second kappa shape index (κ2) is 9.32. The van der Waals surface area contributed by atoms with Crippen LogP contribution < -0.4 is 15.4 Å². The van der Waals surface area contributed by atoms with Crippen molar-refractivity contribution in [2.45, 2.75) is 19.0 Å². The van der Waals surface area contributed by atoms with Gasteiger partial charge >= 0.3 is 6.03 Å². The van der Waals surface area contributed by atoms with Gasteiger partial charge in [0.25, 0.3) is 0 Å². The van der Waals surface area contributed by atoms with Crippen LogP contribution >= 0.6 is 0 Å². The first kappa shape index (κ1) is 20.6. The summed E-state index contributed by atoms with van der Waals surface area (Å²) in [6.45, 7) is 2.08. The fraction of sp³-hybridized carbons (Fsp3) is 0.350. The molecule has 0 aliphatic heterocycles. The van der Waals surface area contributed by atoms with Gasteiger partial charge in [-0.05, 0) is 56.4 Å². The molecule has 0 spiro atoms. The number of nitrogens with one attached hydrogen (secondary N) is 2. The van der Waals surface area contributed by atoms with Crippen molar-refractivity contribution in [1.82, 2.24) is 15.5 Å². The molecular weight excluding hydrogens is 352 g/mol. The second-order valence-corrected chi connectivity index (χ2v) is 6.51. The molecular formula is C20H25F2N3O2. The van der Waals surface area contributed by atoms with E-state index in [-0.39, 0.29) is 12.1 Å². The molecule has 0 heterocycles. The van der Waals surface area contributed by atoms with Crippen LogP contribution in [0.2, 0.25) is 0 Å². The lowest BCUT2D eigenvalue weighted by Crippen LogP contribution is -2.41. The van der Waals surface area contributed by atoms with Crippen LogP contribution in [0.4, 0.5) is 13.6 Å². The van der Waals surface area contributed by atoms with Crippen LogP contribution in [-0.2, 0) is 0 Å². The summed E-state index contributed by atoms with van der Waals surface area (Å²) in [7, 11) is 5.45. The molecule has 2 N–H and O–H groups in total. The number of carbonyl (C=O) groups excluding carboxylic acids is 1. The third-order valence-corrected chi connectivity index (χ3v) is 4.35. The zero-order valence-corrected chi connectivity index (χ0v) is 15.9. The van der Waals surface area contributed by atoms with Crippen LogP contribution in [0.1, 0.15) is 30.1 Å². The Hall–Kier alpha value is -2.67. The predicted molar refractivity (Wildman–Crippen MR) is 101 cm³/mol. The maximum Gasteiger partial charge on any atom is 0.315 e. The standard InChI is InChI=1S/C20H25F2N3O2/c1-13(14-8-9-17(21)18(22)11-14)24-20(26)23-12-19(25(2)3)15-6-5-7-16(10-15)27-4/h5-11,13,19H,12H2,1-4H3,(H2,23,24,26). The van der Waals surface area contributed by atoms with E-state index < -0.39 is 17.7 Å².